The molecule has 3 fully saturated rings. The van der Waals surface area contributed by atoms with Gasteiger partial charge in [0.2, 0.25) is 5.91 Å². The van der Waals surface area contributed by atoms with Gasteiger partial charge in [-0.25, -0.2) is 43.1 Å². The Labute approximate surface area is 695 Å². The first-order valence-corrected chi connectivity index (χ1v) is 41.0. The molecule has 0 bridgehead atoms. The molecule has 1 amide bonds. The first-order valence-electron chi connectivity index (χ1n) is 41.0. The fraction of sp³-hybridized carbons (Fsp3) is 0.370. The van der Waals surface area contributed by atoms with E-state index in [2.05, 4.69) is 87.7 Å². The average Bonchev–Trinajstić information content (AvgIpc) is 1.59. The highest BCUT2D eigenvalue weighted by Crippen LogP contribution is 2.44. The van der Waals surface area contributed by atoms with E-state index in [1.807, 2.05) is 111 Å². The number of carbonyl (C=O) groups is 4. The van der Waals surface area contributed by atoms with Crippen LogP contribution in [0.15, 0.2) is 140 Å². The van der Waals surface area contributed by atoms with Crippen molar-refractivity contribution in [3.8, 4) is 33.8 Å². The van der Waals surface area contributed by atoms with Crippen LogP contribution in [0.2, 0.25) is 0 Å². The molecule has 0 spiro atoms. The van der Waals surface area contributed by atoms with Gasteiger partial charge in [0.1, 0.15) is 51.8 Å². The Bertz CT molecular complexity index is 5880. The summed E-state index contributed by atoms with van der Waals surface area (Å²) in [5, 5.41) is 10.4. The molecule has 0 saturated carbocycles. The third kappa shape index (κ3) is 17.4. The van der Waals surface area contributed by atoms with E-state index in [0.717, 1.165) is 172 Å². The summed E-state index contributed by atoms with van der Waals surface area (Å²) in [5.41, 5.74) is 21.7. The molecular weight excluding hydrogens is 1530 g/mol. The summed E-state index contributed by atoms with van der Waals surface area (Å²) >= 11 is 0. The molecule has 3 aliphatic carbocycles. The molecule has 18 rings (SSSR count). The Hall–Kier alpha value is -11.6. The lowest BCUT2D eigenvalue weighted by atomic mass is 9.88. The third-order valence-corrected chi connectivity index (χ3v) is 23.2. The first-order chi connectivity index (χ1) is 58.0. The minimum atomic E-state index is -0.339. The number of rotatable bonds is 22. The van der Waals surface area contributed by atoms with Crippen LogP contribution in [-0.4, -0.2) is 214 Å². The molecule has 3 aliphatic heterocycles. The Morgan fingerprint density at radius 3 is 1.37 bits per heavy atom. The lowest BCUT2D eigenvalue weighted by Gasteiger charge is -2.37. The number of carbonyl (C=O) groups excluding carboxylic acids is 4. The van der Waals surface area contributed by atoms with Crippen molar-refractivity contribution in [2.75, 3.05) is 137 Å². The van der Waals surface area contributed by atoms with Crippen LogP contribution in [0.1, 0.15) is 138 Å². The molecule has 120 heavy (non-hydrogen) atoms. The van der Waals surface area contributed by atoms with E-state index in [9.17, 15) is 32.3 Å². The number of fused-ring (bicyclic) bond motifs is 6. The number of halogens is 3. The number of nitrogens with zero attached hydrogens (tertiary/aromatic N) is 15. The van der Waals surface area contributed by atoms with E-state index < -0.39 is 0 Å². The van der Waals surface area contributed by atoms with E-state index in [1.165, 1.54) is 42.0 Å². The summed E-state index contributed by atoms with van der Waals surface area (Å²) in [7, 11) is 19.9. The van der Waals surface area contributed by atoms with Crippen molar-refractivity contribution in [1.82, 2.24) is 67.6 Å². The third-order valence-electron chi connectivity index (χ3n) is 23.2. The van der Waals surface area contributed by atoms with Crippen LogP contribution < -0.4 is 20.9 Å². The van der Waals surface area contributed by atoms with Crippen LogP contribution in [0.25, 0.3) is 50.7 Å². The molecule has 3 atom stereocenters. The van der Waals surface area contributed by atoms with E-state index in [1.54, 1.807) is 49.2 Å². The number of ketones is 3. The highest BCUT2D eigenvalue weighted by Gasteiger charge is 2.35. The number of anilines is 7. The number of hydrogen-bond donors (Lipinski definition) is 3. The molecule has 28 heteroatoms. The minimum absolute atomic E-state index is 0.00925. The number of nitrogens with one attached hydrogen (secondary N) is 3. The van der Waals surface area contributed by atoms with Crippen LogP contribution in [0.4, 0.5) is 53.4 Å². The van der Waals surface area contributed by atoms with Gasteiger partial charge in [0.25, 0.3) is 0 Å². The summed E-state index contributed by atoms with van der Waals surface area (Å²) in [5.74, 6) is 2.04. The predicted molar refractivity (Wildman–Crippen MR) is 458 cm³/mol. The second-order valence-corrected chi connectivity index (χ2v) is 33.0. The molecule has 6 aliphatic rings. The maximum Gasteiger partial charge on any atom is 0.222 e. The summed E-state index contributed by atoms with van der Waals surface area (Å²) in [6.45, 7) is 7.72. The highest BCUT2D eigenvalue weighted by atomic mass is 19.1. The number of aromatic nitrogens is 9. The Balaban J connectivity index is 0.000000135. The number of methoxy groups -OCH3 is 1. The molecule has 3 aromatic carbocycles. The molecule has 3 N–H and O–H groups in total. The number of morpholine rings is 1. The molecular formula is C92H101F3N18O7. The van der Waals surface area contributed by atoms with Gasteiger partial charge < -0.3 is 59.6 Å². The molecule has 3 saturated heterocycles. The quantitative estimate of drug-likeness (QED) is 0.0571. The zero-order valence-electron chi connectivity index (χ0n) is 69.6. The van der Waals surface area contributed by atoms with Crippen molar-refractivity contribution in [2.24, 2.45) is 0 Å². The van der Waals surface area contributed by atoms with Gasteiger partial charge in [-0.2, -0.15) is 0 Å². The number of Topliss-reactive ketones (excluding diaryl/α,β-unsaturated/α-hetero) is 3. The monoisotopic (exact) mass is 1630 g/mol. The summed E-state index contributed by atoms with van der Waals surface area (Å²) < 4.78 is 63.9. The summed E-state index contributed by atoms with van der Waals surface area (Å²) in [4.78, 5) is 92.7. The van der Waals surface area contributed by atoms with E-state index >= 15 is 0 Å². The first kappa shape index (κ1) is 82.1. The van der Waals surface area contributed by atoms with Crippen molar-refractivity contribution >= 4 is 80.4 Å². The smallest absolute Gasteiger partial charge is 0.222 e. The number of imidazole rings is 3. The Morgan fingerprint density at radius 1 is 0.492 bits per heavy atom. The molecule has 12 heterocycles. The van der Waals surface area contributed by atoms with E-state index in [-0.39, 0.29) is 52.7 Å². The number of hydrogen-bond acceptors (Lipinski definition) is 21. The van der Waals surface area contributed by atoms with Gasteiger partial charge >= 0.3 is 0 Å². The van der Waals surface area contributed by atoms with Crippen molar-refractivity contribution in [3.05, 3.63) is 225 Å². The molecule has 25 nitrogen and oxygen atoms in total. The molecule has 0 radical (unpaired) electrons. The minimum Gasteiger partial charge on any atom is -0.382 e. The van der Waals surface area contributed by atoms with Gasteiger partial charge in [0.15, 0.2) is 17.3 Å². The fourth-order valence-electron chi connectivity index (χ4n) is 17.8. The van der Waals surface area contributed by atoms with Crippen LogP contribution >= 0.6 is 0 Å². The second-order valence-electron chi connectivity index (χ2n) is 33.0. The van der Waals surface area contributed by atoms with Crippen molar-refractivity contribution < 1.29 is 46.6 Å². The standard InChI is InChI=1S/C33H40FN7O3.C30H31FN6O2.C29H30FN5O2/c1-38(2)17-21-14-30(37-27(19-39(3)4)33(21)40-12-13-44-23(18-40)20-43-5)36-26-8-6-24(25-7-9-29(42)32(25)26)28-16-35-31-15-22(34)10-11-41(28)31;1-35(2)17-24-20(18-10-12-36(3)29(39)14-18)6-9-27(34-24)33-23-7-4-21(22-5-8-26(38)30(22)23)25-16-32-28-15-19(31)11-13-37(25)28;1-34(2)16-24-20(18-4-3-13-37-17-18)7-10-27(33-24)32-23-8-5-21(22-6-9-26(36)29(22)23)25-15-31-28-14-19(30)11-12-35(25)28/h6,8,10-11,14-16,23H,7,9,12-13,17-20H2,1-5H3,(H,36,37);4,6-7,9,11,13,15-16,18H,5,8,10,12,14,17H2,1-3H3,(H,33,34);5,7-8,10-12,14-15,18H,3-4,6,9,13,16-17H2,1-2H3,(H,32,33)/t23-;2*18-/m001/s1. The number of likely N-dealkylation sites (tertiary alicyclic amines) is 1. The fourth-order valence-corrected chi connectivity index (χ4v) is 17.8. The van der Waals surface area contributed by atoms with Crippen molar-refractivity contribution in [1.29, 1.82) is 0 Å². The summed E-state index contributed by atoms with van der Waals surface area (Å²) in [6, 6.07) is 30.6. The maximum absolute atomic E-state index is 13.8. The number of ether oxygens (including phenoxy) is 3. The van der Waals surface area contributed by atoms with Crippen LogP contribution in [0.5, 0.6) is 0 Å². The lowest BCUT2D eigenvalue weighted by Crippen LogP contribution is -2.45. The molecule has 12 aromatic rings. The van der Waals surface area contributed by atoms with E-state index in [0.29, 0.717) is 122 Å². The second kappa shape index (κ2) is 35.4. The topological polar surface area (TPSA) is 242 Å². The van der Waals surface area contributed by atoms with Gasteiger partial charge in [-0.05, 0) is 189 Å². The van der Waals surface area contributed by atoms with Gasteiger partial charge in [-0.3, -0.25) is 32.4 Å². The van der Waals surface area contributed by atoms with Crippen molar-refractivity contribution in [2.45, 2.75) is 108 Å². The average molecular weight is 1630 g/mol. The predicted octanol–water partition coefficient (Wildman–Crippen LogP) is 14.6. The van der Waals surface area contributed by atoms with Crippen LogP contribution in [0.3, 0.4) is 0 Å². The van der Waals surface area contributed by atoms with Crippen LogP contribution in [0, 0.1) is 17.5 Å². The zero-order chi connectivity index (χ0) is 83.7. The molecule has 622 valence electrons. The maximum atomic E-state index is 13.8. The summed E-state index contributed by atoms with van der Waals surface area (Å²) in [6.07, 6.45) is 17.1. The SMILES string of the molecule is CN(C)Cc1nc(Nc2ccc(-c3cnc4cc(F)ccn34)c3c2C(=O)CC3)ccc1[C@@H]1CCCOC1.CN(C)Cc1nc(Nc2ccc(-c3cnc4cc(F)ccn34)c3c2C(=O)CC3)ccc1[C@H]1CCN(C)C(=O)C1.COC[C@@H]1CN(c2c(CN(C)C)cc(Nc3ccc(-c4cnc5cc(F)ccn45)c4c3C(=O)CC4)nc2CN(C)C)CCO1. The lowest BCUT2D eigenvalue weighted by molar-refractivity contribution is -0.132. The normalized spacial score (nSPS) is 17.2. The number of pyridine rings is 6. The number of amides is 1. The zero-order valence-corrected chi connectivity index (χ0v) is 69.6. The Morgan fingerprint density at radius 2 is 0.933 bits per heavy atom. The van der Waals surface area contributed by atoms with Crippen LogP contribution in [-0.2, 0) is 64.4 Å². The van der Waals surface area contributed by atoms with Gasteiger partial charge in [0, 0.05) is 168 Å². The van der Waals surface area contributed by atoms with Gasteiger partial charge in [-0.15, -0.1) is 0 Å². The highest BCUT2D eigenvalue weighted by molar-refractivity contribution is 6.09. The largest absolute Gasteiger partial charge is 0.382 e. The number of piperidine rings is 1. The van der Waals surface area contributed by atoms with Crippen molar-refractivity contribution in [3.63, 3.8) is 0 Å². The number of benzene rings is 3. The Kier molecular flexibility index (Phi) is 24.2. The van der Waals surface area contributed by atoms with Gasteiger partial charge in [0.05, 0.1) is 101 Å². The molecule has 0 unspecified atom stereocenters. The molecule has 9 aromatic heterocycles. The van der Waals surface area contributed by atoms with E-state index in [4.69, 9.17) is 29.2 Å². The van der Waals surface area contributed by atoms with Gasteiger partial charge in [-0.1, -0.05) is 30.3 Å².